The average Bonchev–Trinajstić information content (AvgIpc) is 3.17. The number of aliphatic imine (C=N–C) groups is 1. The molecule has 0 saturated heterocycles. The van der Waals surface area contributed by atoms with Crippen LogP contribution in [0.2, 0.25) is 0 Å². The summed E-state index contributed by atoms with van der Waals surface area (Å²) < 4.78 is 7.74. The van der Waals surface area contributed by atoms with E-state index in [4.69, 9.17) is 4.74 Å². The zero-order valence-electron chi connectivity index (χ0n) is 17.4. The molecule has 0 fully saturated rings. The van der Waals surface area contributed by atoms with E-state index in [-0.39, 0.29) is 30.1 Å². The first-order valence-corrected chi connectivity index (χ1v) is 9.74. The van der Waals surface area contributed by atoms with Crippen LogP contribution in [0.3, 0.4) is 0 Å². The van der Waals surface area contributed by atoms with Gasteiger partial charge in [0.15, 0.2) is 5.96 Å². The lowest BCUT2D eigenvalue weighted by atomic mass is 10.0. The predicted molar refractivity (Wildman–Crippen MR) is 126 cm³/mol. The number of nitrogens with one attached hydrogen (secondary N) is 2. The number of hydrogen-bond donors (Lipinski definition) is 2. The third kappa shape index (κ3) is 8.18. The van der Waals surface area contributed by atoms with Crippen molar-refractivity contribution in [3.8, 4) is 0 Å². The molecule has 0 bridgehead atoms. The zero-order valence-corrected chi connectivity index (χ0v) is 19.7. The van der Waals surface area contributed by atoms with Crippen molar-refractivity contribution in [2.24, 2.45) is 10.9 Å². The number of ether oxygens (including phenoxy) is 1. The molecular formula is C21H34IN5O. The van der Waals surface area contributed by atoms with Gasteiger partial charge in [-0.1, -0.05) is 38.1 Å². The smallest absolute Gasteiger partial charge is 0.191 e. The van der Waals surface area contributed by atoms with E-state index in [2.05, 4.69) is 58.8 Å². The molecular weight excluding hydrogens is 465 g/mol. The van der Waals surface area contributed by atoms with Crippen LogP contribution in [0.15, 0.2) is 47.7 Å². The Balaban J connectivity index is 0.00000392. The summed E-state index contributed by atoms with van der Waals surface area (Å²) in [7, 11) is 1.80. The molecule has 1 heterocycles. The molecule has 0 aliphatic rings. The Morgan fingerprint density at radius 3 is 2.54 bits per heavy atom. The summed E-state index contributed by atoms with van der Waals surface area (Å²) in [5.74, 6) is 1.32. The molecule has 1 atom stereocenters. The van der Waals surface area contributed by atoms with Gasteiger partial charge in [0.1, 0.15) is 0 Å². The highest BCUT2D eigenvalue weighted by atomic mass is 127. The topological polar surface area (TPSA) is 63.5 Å². The van der Waals surface area contributed by atoms with Gasteiger partial charge in [-0.05, 0) is 36.5 Å². The van der Waals surface area contributed by atoms with Gasteiger partial charge in [0.25, 0.3) is 0 Å². The molecule has 0 spiro atoms. The number of benzene rings is 1. The monoisotopic (exact) mass is 499 g/mol. The van der Waals surface area contributed by atoms with E-state index in [0.29, 0.717) is 5.92 Å². The first-order valence-electron chi connectivity index (χ1n) is 9.74. The molecule has 156 valence electrons. The third-order valence-corrected chi connectivity index (χ3v) is 4.53. The van der Waals surface area contributed by atoms with Crippen molar-refractivity contribution >= 4 is 29.9 Å². The van der Waals surface area contributed by atoms with Crippen molar-refractivity contribution < 1.29 is 4.74 Å². The highest BCUT2D eigenvalue weighted by Gasteiger charge is 2.13. The summed E-state index contributed by atoms with van der Waals surface area (Å²) in [6, 6.07) is 10.4. The third-order valence-electron chi connectivity index (χ3n) is 4.53. The molecule has 2 N–H and O–H groups in total. The molecule has 0 saturated carbocycles. The molecule has 28 heavy (non-hydrogen) atoms. The average molecular weight is 499 g/mol. The van der Waals surface area contributed by atoms with E-state index in [9.17, 15) is 0 Å². The second-order valence-corrected chi connectivity index (χ2v) is 6.85. The van der Waals surface area contributed by atoms with Gasteiger partial charge in [0.2, 0.25) is 0 Å². The maximum absolute atomic E-state index is 5.81. The van der Waals surface area contributed by atoms with Crippen LogP contribution >= 0.6 is 24.0 Å². The molecule has 1 aromatic heterocycles. The van der Waals surface area contributed by atoms with Gasteiger partial charge in [-0.2, -0.15) is 5.10 Å². The van der Waals surface area contributed by atoms with Gasteiger partial charge in [-0.15, -0.1) is 24.0 Å². The van der Waals surface area contributed by atoms with E-state index >= 15 is 0 Å². The zero-order chi connectivity index (χ0) is 19.5. The van der Waals surface area contributed by atoms with Crippen LogP contribution in [0.1, 0.15) is 38.3 Å². The molecule has 0 radical (unpaired) electrons. The molecule has 1 aromatic carbocycles. The minimum atomic E-state index is 0. The fraction of sp³-hybridized carbons (Fsp3) is 0.524. The van der Waals surface area contributed by atoms with Gasteiger partial charge in [-0.25, -0.2) is 0 Å². The lowest BCUT2D eigenvalue weighted by Gasteiger charge is -2.21. The van der Waals surface area contributed by atoms with E-state index < -0.39 is 0 Å². The van der Waals surface area contributed by atoms with Crippen LogP contribution in [0.25, 0.3) is 0 Å². The van der Waals surface area contributed by atoms with Gasteiger partial charge < -0.3 is 15.4 Å². The summed E-state index contributed by atoms with van der Waals surface area (Å²) in [4.78, 5) is 4.33. The Morgan fingerprint density at radius 1 is 1.18 bits per heavy atom. The minimum Gasteiger partial charge on any atom is -0.378 e. The van der Waals surface area contributed by atoms with Gasteiger partial charge in [0.05, 0.1) is 12.6 Å². The highest BCUT2D eigenvalue weighted by molar-refractivity contribution is 14.0. The fourth-order valence-corrected chi connectivity index (χ4v) is 3.01. The first-order chi connectivity index (χ1) is 13.1. The van der Waals surface area contributed by atoms with Crippen molar-refractivity contribution in [1.29, 1.82) is 0 Å². The van der Waals surface area contributed by atoms with E-state index in [1.807, 2.05) is 23.9 Å². The number of halogens is 1. The van der Waals surface area contributed by atoms with Crippen LogP contribution in [0.4, 0.5) is 0 Å². The van der Waals surface area contributed by atoms with Crippen molar-refractivity contribution in [2.45, 2.75) is 46.4 Å². The molecule has 1 unspecified atom stereocenters. The summed E-state index contributed by atoms with van der Waals surface area (Å²) in [5, 5.41) is 11.1. The lowest BCUT2D eigenvalue weighted by Crippen LogP contribution is -2.39. The Morgan fingerprint density at radius 2 is 1.93 bits per heavy atom. The second kappa shape index (κ2) is 13.5. The molecule has 2 rings (SSSR count). The van der Waals surface area contributed by atoms with Crippen LogP contribution in [-0.2, 0) is 17.8 Å². The first kappa shape index (κ1) is 24.4. The minimum absolute atomic E-state index is 0. The molecule has 7 heteroatoms. The summed E-state index contributed by atoms with van der Waals surface area (Å²) >= 11 is 0. The van der Waals surface area contributed by atoms with Gasteiger partial charge in [-0.3, -0.25) is 9.67 Å². The summed E-state index contributed by atoms with van der Waals surface area (Å²) in [6.45, 7) is 9.51. The standard InChI is InChI=1S/C21H33N5O.HI/c1-5-27-20(17(2)3)11-13-23-21(22-4)24-15-18-9-6-7-10-19(18)16-26-14-8-12-25-26;/h6-10,12,14,17,20H,5,11,13,15-16H2,1-4H3,(H2,22,23,24);1H. The predicted octanol–water partition coefficient (Wildman–Crippen LogP) is 3.67. The van der Waals surface area contributed by atoms with Gasteiger partial charge >= 0.3 is 0 Å². The lowest BCUT2D eigenvalue weighted by molar-refractivity contribution is 0.0258. The molecule has 0 aliphatic carbocycles. The van der Waals surface area contributed by atoms with E-state index in [1.165, 1.54) is 11.1 Å². The SMILES string of the molecule is CCOC(CCNC(=NC)NCc1ccccc1Cn1cccn1)C(C)C.I. The maximum Gasteiger partial charge on any atom is 0.191 e. The summed E-state index contributed by atoms with van der Waals surface area (Å²) in [6.07, 6.45) is 5.02. The van der Waals surface area contributed by atoms with Crippen molar-refractivity contribution in [1.82, 2.24) is 20.4 Å². The van der Waals surface area contributed by atoms with Crippen LogP contribution in [0, 0.1) is 5.92 Å². The number of nitrogens with zero attached hydrogens (tertiary/aromatic N) is 3. The van der Waals surface area contributed by atoms with Crippen molar-refractivity contribution in [3.63, 3.8) is 0 Å². The Bertz CT molecular complexity index is 688. The largest absolute Gasteiger partial charge is 0.378 e. The quantitative estimate of drug-likeness (QED) is 0.298. The maximum atomic E-state index is 5.81. The van der Waals surface area contributed by atoms with E-state index in [1.54, 1.807) is 13.2 Å². The van der Waals surface area contributed by atoms with Crippen LogP contribution < -0.4 is 10.6 Å². The molecule has 6 nitrogen and oxygen atoms in total. The molecule has 0 amide bonds. The number of rotatable bonds is 10. The van der Waals surface area contributed by atoms with Crippen molar-refractivity contribution in [2.75, 3.05) is 20.2 Å². The Labute approximate surface area is 186 Å². The molecule has 0 aliphatic heterocycles. The number of guanidine groups is 1. The highest BCUT2D eigenvalue weighted by Crippen LogP contribution is 2.11. The Hall–Kier alpha value is -1.61. The summed E-state index contributed by atoms with van der Waals surface area (Å²) in [5.41, 5.74) is 2.49. The van der Waals surface area contributed by atoms with E-state index in [0.717, 1.165) is 38.6 Å². The van der Waals surface area contributed by atoms with Crippen LogP contribution in [-0.4, -0.2) is 42.0 Å². The normalized spacial score (nSPS) is 12.5. The fourth-order valence-electron chi connectivity index (χ4n) is 3.01. The number of hydrogen-bond acceptors (Lipinski definition) is 3. The Kier molecular flexibility index (Phi) is 11.8. The van der Waals surface area contributed by atoms with Crippen molar-refractivity contribution in [3.05, 3.63) is 53.9 Å². The molecule has 2 aromatic rings. The van der Waals surface area contributed by atoms with Gasteiger partial charge in [0, 0.05) is 39.1 Å². The number of aromatic nitrogens is 2. The van der Waals surface area contributed by atoms with Crippen LogP contribution in [0.5, 0.6) is 0 Å². The second-order valence-electron chi connectivity index (χ2n) is 6.85.